The highest BCUT2D eigenvalue weighted by molar-refractivity contribution is 7.93. The predicted molar refractivity (Wildman–Crippen MR) is 82.9 cm³/mol. The summed E-state index contributed by atoms with van der Waals surface area (Å²) >= 11 is 0. The van der Waals surface area contributed by atoms with Crippen LogP contribution in [0.3, 0.4) is 0 Å². The van der Waals surface area contributed by atoms with E-state index in [1.165, 1.54) is 0 Å². The molecule has 3 rings (SSSR count). The second kappa shape index (κ2) is 4.31. The molecular weight excluding hydrogens is 290 g/mol. The lowest BCUT2D eigenvalue weighted by molar-refractivity contribution is 0.300. The molecule has 1 heterocycles. The van der Waals surface area contributed by atoms with E-state index in [1.807, 2.05) is 18.2 Å². The second-order valence-corrected chi connectivity index (χ2v) is 12.1. The van der Waals surface area contributed by atoms with Crippen molar-refractivity contribution >= 4 is 34.8 Å². The predicted octanol–water partition coefficient (Wildman–Crippen LogP) is 3.31. The van der Waals surface area contributed by atoms with Gasteiger partial charge in [0.2, 0.25) is 0 Å². The average molecular weight is 307 g/mol. The van der Waals surface area contributed by atoms with Gasteiger partial charge in [-0.2, -0.15) is 0 Å². The molecule has 1 N–H and O–H groups in total. The maximum absolute atomic E-state index is 12.1. The average Bonchev–Trinajstić information content (AvgIpc) is 2.62. The zero-order valence-corrected chi connectivity index (χ0v) is 13.5. The van der Waals surface area contributed by atoms with Gasteiger partial charge in [-0.1, -0.05) is 24.3 Å². The minimum atomic E-state index is -3.43. The molecule has 0 atom stereocenters. The highest BCUT2D eigenvalue weighted by Gasteiger charge is 2.29. The summed E-state index contributed by atoms with van der Waals surface area (Å²) in [5, 5.41) is 1.71. The van der Waals surface area contributed by atoms with E-state index in [0.717, 1.165) is 16.3 Å². The molecule has 6 heteroatoms. The Labute approximate surface area is 119 Å². The molecule has 0 bridgehead atoms. The summed E-state index contributed by atoms with van der Waals surface area (Å²) in [7, 11) is -5.07. The maximum Gasteiger partial charge on any atom is 0.262 e. The summed E-state index contributed by atoms with van der Waals surface area (Å²) < 4.78 is 32.8. The van der Waals surface area contributed by atoms with Gasteiger partial charge in [-0.25, -0.2) is 8.42 Å². The summed E-state index contributed by atoms with van der Waals surface area (Å²) in [6, 6.07) is 9.23. The Bertz CT molecular complexity index is 794. The lowest BCUT2D eigenvalue weighted by atomic mass is 10.0. The van der Waals surface area contributed by atoms with Crippen molar-refractivity contribution in [2.75, 3.05) is 4.72 Å². The first kappa shape index (κ1) is 13.6. The van der Waals surface area contributed by atoms with E-state index in [1.54, 1.807) is 12.1 Å². The molecule has 2 aromatic carbocycles. The van der Waals surface area contributed by atoms with Gasteiger partial charge in [0.05, 0.1) is 17.2 Å². The van der Waals surface area contributed by atoms with Crippen molar-refractivity contribution in [3.8, 4) is 0 Å². The van der Waals surface area contributed by atoms with E-state index < -0.39 is 18.3 Å². The molecule has 20 heavy (non-hydrogen) atoms. The van der Waals surface area contributed by atoms with Crippen LogP contribution in [0.5, 0.6) is 0 Å². The van der Waals surface area contributed by atoms with Gasteiger partial charge in [0.25, 0.3) is 10.0 Å². The number of nitrogens with one attached hydrogen (secondary N) is 1. The molecule has 0 spiro atoms. The van der Waals surface area contributed by atoms with Crippen LogP contribution < -0.4 is 4.72 Å². The number of rotatable bonds is 3. The first-order chi connectivity index (χ1) is 9.28. The van der Waals surface area contributed by atoms with Gasteiger partial charge in [0, 0.05) is 10.9 Å². The zero-order valence-electron chi connectivity index (χ0n) is 11.7. The van der Waals surface area contributed by atoms with E-state index in [0.29, 0.717) is 17.2 Å². The summed E-state index contributed by atoms with van der Waals surface area (Å²) in [6.45, 7) is 6.78. The van der Waals surface area contributed by atoms with Crippen molar-refractivity contribution in [1.29, 1.82) is 0 Å². The Balaban J connectivity index is 2.14. The number of hydrogen-bond donors (Lipinski definition) is 1. The summed E-state index contributed by atoms with van der Waals surface area (Å²) in [5.41, 5.74) is 1.57. The van der Waals surface area contributed by atoms with Crippen molar-refractivity contribution in [3.63, 3.8) is 0 Å². The molecule has 0 aliphatic carbocycles. The lowest BCUT2D eigenvalue weighted by Crippen LogP contribution is -2.25. The van der Waals surface area contributed by atoms with Crippen LogP contribution in [0.2, 0.25) is 19.6 Å². The summed E-state index contributed by atoms with van der Waals surface area (Å²) in [4.78, 5) is 0.361. The number of sulfonamides is 1. The van der Waals surface area contributed by atoms with Gasteiger partial charge in [0.1, 0.15) is 0 Å². The maximum atomic E-state index is 12.1. The van der Waals surface area contributed by atoms with Crippen LogP contribution in [0.15, 0.2) is 35.2 Å². The van der Waals surface area contributed by atoms with Crippen molar-refractivity contribution in [1.82, 2.24) is 0 Å². The molecule has 106 valence electrons. The van der Waals surface area contributed by atoms with E-state index in [4.69, 9.17) is 4.43 Å². The SMILES string of the molecule is C[Si](C)(C)OCc1ccc2cccc3c2c1NS3(=O)=O. The number of benzene rings is 2. The van der Waals surface area contributed by atoms with Crippen LogP contribution in [0.1, 0.15) is 5.56 Å². The normalized spacial score (nSPS) is 16.4. The molecule has 1 aliphatic heterocycles. The quantitative estimate of drug-likeness (QED) is 0.885. The van der Waals surface area contributed by atoms with Crippen LogP contribution in [-0.4, -0.2) is 16.7 Å². The largest absolute Gasteiger partial charge is 0.413 e. The Kier molecular flexibility index (Phi) is 2.93. The lowest BCUT2D eigenvalue weighted by Gasteiger charge is -2.18. The summed E-state index contributed by atoms with van der Waals surface area (Å²) in [5.74, 6) is 0. The second-order valence-electron chi connectivity index (χ2n) is 5.96. The molecule has 0 amide bonds. The third-order valence-corrected chi connectivity index (χ3v) is 5.68. The van der Waals surface area contributed by atoms with Gasteiger partial charge in [-0.3, -0.25) is 4.72 Å². The van der Waals surface area contributed by atoms with Crippen molar-refractivity contribution < 1.29 is 12.8 Å². The minimum Gasteiger partial charge on any atom is -0.413 e. The highest BCUT2D eigenvalue weighted by atomic mass is 32.2. The first-order valence-corrected chi connectivity index (χ1v) is 11.4. The van der Waals surface area contributed by atoms with Gasteiger partial charge >= 0.3 is 0 Å². The van der Waals surface area contributed by atoms with Gasteiger partial charge in [-0.05, 0) is 31.1 Å². The third-order valence-electron chi connectivity index (χ3n) is 3.28. The molecule has 0 saturated heterocycles. The fraction of sp³-hybridized carbons (Fsp3) is 0.286. The molecule has 1 aliphatic rings. The molecular formula is C14H17NO3SSi. The smallest absolute Gasteiger partial charge is 0.262 e. The molecule has 0 radical (unpaired) electrons. The van der Waals surface area contributed by atoms with E-state index in [-0.39, 0.29) is 0 Å². The molecule has 0 unspecified atom stereocenters. The van der Waals surface area contributed by atoms with Crippen LogP contribution in [0.4, 0.5) is 5.69 Å². The number of anilines is 1. The Hall–Kier alpha value is -1.37. The molecule has 0 aromatic heterocycles. The standard InChI is InChI=1S/C14H17NO3SSi/c1-20(2,3)18-9-11-8-7-10-5-4-6-12-13(10)14(11)15-19(12,16)17/h4-8,15H,9H2,1-3H3. The third kappa shape index (κ3) is 2.23. The first-order valence-electron chi connectivity index (χ1n) is 6.49. The van der Waals surface area contributed by atoms with Crippen LogP contribution >= 0.6 is 0 Å². The van der Waals surface area contributed by atoms with E-state index >= 15 is 0 Å². The van der Waals surface area contributed by atoms with Gasteiger partial charge in [0.15, 0.2) is 8.32 Å². The Morgan fingerprint density at radius 3 is 2.60 bits per heavy atom. The zero-order chi connectivity index (χ0) is 14.5. The topological polar surface area (TPSA) is 55.4 Å². The van der Waals surface area contributed by atoms with Crippen molar-refractivity contribution in [2.24, 2.45) is 0 Å². The van der Waals surface area contributed by atoms with E-state index in [2.05, 4.69) is 24.4 Å². The Morgan fingerprint density at radius 2 is 1.90 bits per heavy atom. The molecule has 2 aromatic rings. The fourth-order valence-electron chi connectivity index (χ4n) is 2.33. The van der Waals surface area contributed by atoms with Gasteiger partial charge < -0.3 is 4.43 Å². The minimum absolute atomic E-state index is 0.361. The highest BCUT2D eigenvalue weighted by Crippen LogP contribution is 2.40. The van der Waals surface area contributed by atoms with Crippen molar-refractivity contribution in [3.05, 3.63) is 35.9 Å². The van der Waals surface area contributed by atoms with Crippen LogP contribution in [-0.2, 0) is 21.1 Å². The Morgan fingerprint density at radius 1 is 1.15 bits per heavy atom. The molecule has 4 nitrogen and oxygen atoms in total. The monoisotopic (exact) mass is 307 g/mol. The van der Waals surface area contributed by atoms with Crippen LogP contribution in [0.25, 0.3) is 10.8 Å². The van der Waals surface area contributed by atoms with E-state index in [9.17, 15) is 8.42 Å². The van der Waals surface area contributed by atoms with Crippen LogP contribution in [0, 0.1) is 0 Å². The molecule has 0 saturated carbocycles. The number of hydrogen-bond acceptors (Lipinski definition) is 3. The molecule has 0 fully saturated rings. The van der Waals surface area contributed by atoms with Crippen molar-refractivity contribution in [2.45, 2.75) is 31.1 Å². The summed E-state index contributed by atoms with van der Waals surface area (Å²) in [6.07, 6.45) is 0. The fourth-order valence-corrected chi connectivity index (χ4v) is 4.28. The van der Waals surface area contributed by atoms with Gasteiger partial charge in [-0.15, -0.1) is 0 Å².